The van der Waals surface area contributed by atoms with Crippen LogP contribution in [-0.4, -0.2) is 11.9 Å². The third-order valence-electron chi connectivity index (χ3n) is 2.47. The van der Waals surface area contributed by atoms with Crippen molar-refractivity contribution in [3.63, 3.8) is 0 Å². The fourth-order valence-electron chi connectivity index (χ4n) is 1.53. The second-order valence-corrected chi connectivity index (χ2v) is 3.54. The Labute approximate surface area is 85.5 Å². The number of hydrogen-bond donors (Lipinski definition) is 2. The zero-order valence-electron chi connectivity index (χ0n) is 8.00. The fourth-order valence-corrected chi connectivity index (χ4v) is 1.53. The van der Waals surface area contributed by atoms with Gasteiger partial charge in [-0.25, -0.2) is 9.18 Å². The van der Waals surface area contributed by atoms with Crippen LogP contribution < -0.4 is 10.6 Å². The van der Waals surface area contributed by atoms with Crippen molar-refractivity contribution in [2.24, 2.45) is 0 Å². The van der Waals surface area contributed by atoms with Crippen molar-refractivity contribution >= 4 is 11.9 Å². The number of amides is 3. The van der Waals surface area contributed by atoms with Gasteiger partial charge in [0.15, 0.2) is 0 Å². The summed E-state index contributed by atoms with van der Waals surface area (Å²) in [5.74, 6) is -0.814. The summed E-state index contributed by atoms with van der Waals surface area (Å²) < 4.78 is 12.7. The van der Waals surface area contributed by atoms with Gasteiger partial charge >= 0.3 is 6.03 Å². The van der Waals surface area contributed by atoms with Gasteiger partial charge in [0.05, 0.1) is 0 Å². The van der Waals surface area contributed by atoms with E-state index in [4.69, 9.17) is 0 Å². The highest BCUT2D eigenvalue weighted by Crippen LogP contribution is 2.24. The first kappa shape index (κ1) is 9.64. The lowest BCUT2D eigenvalue weighted by atomic mass is 9.92. The van der Waals surface area contributed by atoms with E-state index in [9.17, 15) is 14.0 Å². The normalized spacial score (nSPS) is 24.9. The molecule has 1 unspecified atom stereocenters. The van der Waals surface area contributed by atoms with E-state index in [-0.39, 0.29) is 5.82 Å². The van der Waals surface area contributed by atoms with Gasteiger partial charge in [-0.05, 0) is 24.6 Å². The van der Waals surface area contributed by atoms with Gasteiger partial charge in [-0.15, -0.1) is 0 Å². The minimum atomic E-state index is -1.11. The molecule has 1 aliphatic rings. The summed E-state index contributed by atoms with van der Waals surface area (Å²) in [5, 5.41) is 4.63. The first-order valence-electron chi connectivity index (χ1n) is 4.42. The van der Waals surface area contributed by atoms with Crippen LogP contribution in [0.15, 0.2) is 24.3 Å². The summed E-state index contributed by atoms with van der Waals surface area (Å²) >= 11 is 0. The van der Waals surface area contributed by atoms with Crippen molar-refractivity contribution in [1.82, 2.24) is 10.6 Å². The highest BCUT2D eigenvalue weighted by Gasteiger charge is 2.43. The van der Waals surface area contributed by atoms with Crippen molar-refractivity contribution in [3.05, 3.63) is 35.6 Å². The van der Waals surface area contributed by atoms with Crippen molar-refractivity contribution < 1.29 is 14.0 Å². The average Bonchev–Trinajstić information content (AvgIpc) is 2.42. The van der Waals surface area contributed by atoms with Crippen LogP contribution in [0.4, 0.5) is 9.18 Å². The molecule has 2 rings (SSSR count). The summed E-state index contributed by atoms with van der Waals surface area (Å²) in [4.78, 5) is 22.5. The summed E-state index contributed by atoms with van der Waals surface area (Å²) in [5.41, 5.74) is -0.558. The van der Waals surface area contributed by atoms with Gasteiger partial charge in [-0.1, -0.05) is 12.1 Å². The first-order valence-corrected chi connectivity index (χ1v) is 4.42. The molecule has 1 heterocycles. The lowest BCUT2D eigenvalue weighted by Gasteiger charge is -2.20. The van der Waals surface area contributed by atoms with Gasteiger partial charge in [-0.2, -0.15) is 0 Å². The molecule has 1 aromatic carbocycles. The first-order chi connectivity index (χ1) is 7.02. The molecule has 1 saturated heterocycles. The van der Waals surface area contributed by atoms with Gasteiger partial charge in [0, 0.05) is 0 Å². The summed E-state index contributed by atoms with van der Waals surface area (Å²) in [6.07, 6.45) is 0. The second kappa shape index (κ2) is 3.05. The molecule has 15 heavy (non-hydrogen) atoms. The molecule has 1 aliphatic heterocycles. The van der Waals surface area contributed by atoms with Crippen LogP contribution in [0.25, 0.3) is 0 Å². The van der Waals surface area contributed by atoms with Crippen LogP contribution in [0.1, 0.15) is 12.5 Å². The van der Waals surface area contributed by atoms with E-state index in [0.29, 0.717) is 5.56 Å². The molecule has 0 spiro atoms. The number of hydrogen-bond acceptors (Lipinski definition) is 2. The Hall–Kier alpha value is -1.91. The molecule has 0 aliphatic carbocycles. The molecule has 5 heteroatoms. The smallest absolute Gasteiger partial charge is 0.320 e. The molecule has 3 amide bonds. The Morgan fingerprint density at radius 3 is 2.27 bits per heavy atom. The van der Waals surface area contributed by atoms with E-state index in [1.807, 2.05) is 0 Å². The van der Waals surface area contributed by atoms with Crippen molar-refractivity contribution in [2.75, 3.05) is 0 Å². The third-order valence-corrected chi connectivity index (χ3v) is 2.47. The Bertz CT molecular complexity index is 430. The van der Waals surface area contributed by atoms with E-state index in [0.717, 1.165) is 0 Å². The topological polar surface area (TPSA) is 58.2 Å². The number of rotatable bonds is 1. The van der Waals surface area contributed by atoms with Crippen LogP contribution in [0.2, 0.25) is 0 Å². The molecule has 1 atom stereocenters. The lowest BCUT2D eigenvalue weighted by molar-refractivity contribution is -0.123. The number of imide groups is 1. The zero-order chi connectivity index (χ0) is 11.1. The van der Waals surface area contributed by atoms with Gasteiger partial charge in [-0.3, -0.25) is 10.1 Å². The third kappa shape index (κ3) is 1.45. The lowest BCUT2D eigenvalue weighted by Crippen LogP contribution is -2.40. The molecular formula is C10H9FN2O2. The molecule has 1 fully saturated rings. The van der Waals surface area contributed by atoms with Crippen molar-refractivity contribution in [1.29, 1.82) is 0 Å². The maximum Gasteiger partial charge on any atom is 0.322 e. The van der Waals surface area contributed by atoms with Crippen LogP contribution in [0.5, 0.6) is 0 Å². The van der Waals surface area contributed by atoms with Crippen LogP contribution >= 0.6 is 0 Å². The van der Waals surface area contributed by atoms with E-state index >= 15 is 0 Å². The van der Waals surface area contributed by atoms with Gasteiger partial charge in [0.1, 0.15) is 11.4 Å². The molecule has 4 nitrogen and oxygen atoms in total. The van der Waals surface area contributed by atoms with Crippen molar-refractivity contribution in [3.8, 4) is 0 Å². The number of halogens is 1. The molecule has 78 valence electrons. The van der Waals surface area contributed by atoms with Crippen LogP contribution in [0.3, 0.4) is 0 Å². The summed E-state index contributed by atoms with van der Waals surface area (Å²) in [7, 11) is 0. The minimum absolute atomic E-state index is 0.382. The quantitative estimate of drug-likeness (QED) is 0.673. The highest BCUT2D eigenvalue weighted by atomic mass is 19.1. The summed E-state index contributed by atoms with van der Waals surface area (Å²) in [6.45, 7) is 1.57. The molecule has 0 aromatic heterocycles. The predicted octanol–water partition coefficient (Wildman–Crippen LogP) is 0.880. The SMILES string of the molecule is CC1(c2ccc(F)cc2)NC(=O)NC1=O. The maximum atomic E-state index is 12.7. The molecular weight excluding hydrogens is 199 g/mol. The van der Waals surface area contributed by atoms with E-state index < -0.39 is 17.5 Å². The van der Waals surface area contributed by atoms with Gasteiger partial charge < -0.3 is 5.32 Å². The minimum Gasteiger partial charge on any atom is -0.320 e. The van der Waals surface area contributed by atoms with E-state index in [1.54, 1.807) is 6.92 Å². The number of carbonyl (C=O) groups is 2. The van der Waals surface area contributed by atoms with E-state index in [2.05, 4.69) is 10.6 Å². The standard InChI is InChI=1S/C10H9FN2O2/c1-10(8(14)12-9(15)13-10)6-2-4-7(11)5-3-6/h2-5H,1H3,(H2,12,13,14,15). The van der Waals surface area contributed by atoms with E-state index in [1.165, 1.54) is 24.3 Å². The van der Waals surface area contributed by atoms with Crippen molar-refractivity contribution in [2.45, 2.75) is 12.5 Å². The number of benzene rings is 1. The average molecular weight is 208 g/mol. The summed E-state index contributed by atoms with van der Waals surface area (Å²) in [6, 6.07) is 4.91. The Balaban J connectivity index is 2.41. The molecule has 0 radical (unpaired) electrons. The van der Waals surface area contributed by atoms with Gasteiger partial charge in [0.25, 0.3) is 5.91 Å². The second-order valence-electron chi connectivity index (χ2n) is 3.54. The molecule has 1 aromatic rings. The number of carbonyl (C=O) groups excluding carboxylic acids is 2. The molecule has 2 N–H and O–H groups in total. The predicted molar refractivity (Wildman–Crippen MR) is 50.4 cm³/mol. The Morgan fingerprint density at radius 2 is 1.80 bits per heavy atom. The number of nitrogens with one attached hydrogen (secondary N) is 2. The number of urea groups is 1. The van der Waals surface area contributed by atoms with Crippen LogP contribution in [-0.2, 0) is 10.3 Å². The molecule has 0 bridgehead atoms. The molecule has 0 saturated carbocycles. The van der Waals surface area contributed by atoms with Gasteiger partial charge in [0.2, 0.25) is 0 Å². The fraction of sp³-hybridized carbons (Fsp3) is 0.200. The van der Waals surface area contributed by atoms with Crippen LogP contribution in [0, 0.1) is 5.82 Å². The maximum absolute atomic E-state index is 12.7. The Morgan fingerprint density at radius 1 is 1.20 bits per heavy atom. The Kier molecular flexibility index (Phi) is 1.96. The highest BCUT2D eigenvalue weighted by molar-refractivity contribution is 6.07. The zero-order valence-corrected chi connectivity index (χ0v) is 8.00. The monoisotopic (exact) mass is 208 g/mol. The largest absolute Gasteiger partial charge is 0.322 e.